The largest absolute Gasteiger partial charge is 0.392 e. The summed E-state index contributed by atoms with van der Waals surface area (Å²) in [4.78, 5) is 23.5. The van der Waals surface area contributed by atoms with E-state index in [9.17, 15) is 14.7 Å². The van der Waals surface area contributed by atoms with Crippen LogP contribution in [0.25, 0.3) is 0 Å². The molecule has 0 heterocycles. The monoisotopic (exact) mass is 320 g/mol. The highest BCUT2D eigenvalue weighted by Gasteiger charge is 2.62. The summed E-state index contributed by atoms with van der Waals surface area (Å²) in [5.74, 6) is 0.735. The number of hydrogen-bond acceptors (Lipinski definition) is 3. The average molecular weight is 320 g/mol. The van der Waals surface area contributed by atoms with Gasteiger partial charge < -0.3 is 14.7 Å². The Morgan fingerprint density at radius 2 is 1.70 bits per heavy atom. The van der Waals surface area contributed by atoms with Crippen molar-refractivity contribution in [3.63, 3.8) is 0 Å². The third-order valence-electron chi connectivity index (χ3n) is 7.97. The smallest absolute Gasteiger partial charge is 0.129 e. The number of aliphatic hydroxyl groups is 1. The summed E-state index contributed by atoms with van der Waals surface area (Å²) in [6, 6.07) is 0. The number of carbonyl (C=O) groups is 2. The molecule has 0 saturated heterocycles. The van der Waals surface area contributed by atoms with Gasteiger partial charge in [0.15, 0.2) is 0 Å². The molecule has 6 atom stereocenters. The Bertz CT molecular complexity index is 485. The summed E-state index contributed by atoms with van der Waals surface area (Å²) in [5, 5.41) is 10.9. The number of hydrogen-bond donors (Lipinski definition) is 1. The van der Waals surface area contributed by atoms with E-state index in [-0.39, 0.29) is 17.3 Å². The highest BCUT2D eigenvalue weighted by molar-refractivity contribution is 5.63. The van der Waals surface area contributed by atoms with Crippen LogP contribution in [-0.2, 0) is 9.59 Å². The maximum absolute atomic E-state index is 12.2. The van der Waals surface area contributed by atoms with Crippen LogP contribution in [0.3, 0.4) is 0 Å². The van der Waals surface area contributed by atoms with Crippen molar-refractivity contribution in [2.24, 2.45) is 34.0 Å². The number of aliphatic hydroxyl groups excluding tert-OH is 1. The second-order valence-electron chi connectivity index (χ2n) is 9.45. The number of aldehydes is 2. The van der Waals surface area contributed by atoms with E-state index in [1.807, 2.05) is 0 Å². The molecule has 1 N–H and O–H groups in total. The summed E-state index contributed by atoms with van der Waals surface area (Å²) in [6.07, 6.45) is 9.02. The lowest BCUT2D eigenvalue weighted by molar-refractivity contribution is -0.171. The van der Waals surface area contributed by atoms with Gasteiger partial charge in [0, 0.05) is 5.92 Å². The highest BCUT2D eigenvalue weighted by atomic mass is 16.3. The van der Waals surface area contributed by atoms with Crippen LogP contribution >= 0.6 is 0 Å². The molecule has 0 aromatic rings. The molecule has 3 heteroatoms. The second kappa shape index (κ2) is 5.68. The Morgan fingerprint density at radius 3 is 2.35 bits per heavy atom. The molecule has 3 fully saturated rings. The fourth-order valence-corrected chi connectivity index (χ4v) is 6.83. The predicted octanol–water partition coefficient (Wildman–Crippen LogP) is 3.77. The molecule has 3 saturated carbocycles. The predicted molar refractivity (Wildman–Crippen MR) is 89.9 cm³/mol. The molecule has 130 valence electrons. The van der Waals surface area contributed by atoms with Gasteiger partial charge in [0.05, 0.1) is 11.5 Å². The quantitative estimate of drug-likeness (QED) is 0.788. The lowest BCUT2D eigenvalue weighted by Gasteiger charge is -2.62. The first-order valence-electron chi connectivity index (χ1n) is 9.40. The minimum absolute atomic E-state index is 0.0916. The standard InChI is InChI=1S/C20H32O3/c1-18(2)8-4-9-19(3)15(18)7-10-20(13-22)16(19)6-5-14(12-21)11-17(20)23/h12-17,23H,4-11H2,1-3H3. The van der Waals surface area contributed by atoms with E-state index in [0.29, 0.717) is 17.8 Å². The van der Waals surface area contributed by atoms with Crippen LogP contribution < -0.4 is 0 Å². The first-order chi connectivity index (χ1) is 10.8. The molecule has 3 nitrogen and oxygen atoms in total. The zero-order valence-electron chi connectivity index (χ0n) is 14.9. The Morgan fingerprint density at radius 1 is 0.957 bits per heavy atom. The molecule has 6 unspecified atom stereocenters. The minimum atomic E-state index is -0.662. The van der Waals surface area contributed by atoms with Crippen LogP contribution in [0, 0.1) is 34.0 Å². The SMILES string of the molecule is CC1(C)CCCC2(C)C1CCC1(C=O)C(O)CC(C=O)CCC21. The third-order valence-corrected chi connectivity index (χ3v) is 7.97. The molecule has 0 radical (unpaired) electrons. The summed E-state index contributed by atoms with van der Waals surface area (Å²) < 4.78 is 0. The first kappa shape index (κ1) is 17.1. The van der Waals surface area contributed by atoms with Crippen molar-refractivity contribution in [1.82, 2.24) is 0 Å². The van der Waals surface area contributed by atoms with Crippen LogP contribution in [0.4, 0.5) is 0 Å². The topological polar surface area (TPSA) is 54.4 Å². The van der Waals surface area contributed by atoms with Gasteiger partial charge >= 0.3 is 0 Å². The normalized spacial score (nSPS) is 49.4. The summed E-state index contributed by atoms with van der Waals surface area (Å²) >= 11 is 0. The summed E-state index contributed by atoms with van der Waals surface area (Å²) in [6.45, 7) is 7.13. The van der Waals surface area contributed by atoms with Gasteiger partial charge in [0.2, 0.25) is 0 Å². The van der Waals surface area contributed by atoms with Crippen LogP contribution in [0.15, 0.2) is 0 Å². The molecule has 3 aliphatic rings. The molecule has 3 rings (SSSR count). The third kappa shape index (κ3) is 2.42. The lowest BCUT2D eigenvalue weighted by Crippen LogP contribution is -2.59. The van der Waals surface area contributed by atoms with E-state index in [1.54, 1.807) is 0 Å². The van der Waals surface area contributed by atoms with Gasteiger partial charge in [-0.1, -0.05) is 27.2 Å². The van der Waals surface area contributed by atoms with E-state index in [2.05, 4.69) is 20.8 Å². The van der Waals surface area contributed by atoms with Gasteiger partial charge in [-0.05, 0) is 67.6 Å². The Hall–Kier alpha value is -0.700. The zero-order chi connectivity index (χ0) is 16.9. The van der Waals surface area contributed by atoms with Crippen molar-refractivity contribution in [3.8, 4) is 0 Å². The summed E-state index contributed by atoms with van der Waals surface area (Å²) in [5.41, 5.74) is -0.209. The molecule has 0 amide bonds. The molecular formula is C20H32O3. The van der Waals surface area contributed by atoms with Crippen molar-refractivity contribution >= 4 is 12.6 Å². The van der Waals surface area contributed by atoms with Crippen LogP contribution in [-0.4, -0.2) is 23.8 Å². The maximum atomic E-state index is 12.2. The molecule has 0 aromatic carbocycles. The molecule has 0 aliphatic heterocycles. The fraction of sp³-hybridized carbons (Fsp3) is 0.900. The average Bonchev–Trinajstić information content (AvgIpc) is 2.64. The lowest BCUT2D eigenvalue weighted by atomic mass is 9.42. The van der Waals surface area contributed by atoms with E-state index in [0.717, 1.165) is 44.7 Å². The molecule has 0 spiro atoms. The number of rotatable bonds is 2. The van der Waals surface area contributed by atoms with Gasteiger partial charge in [-0.3, -0.25) is 0 Å². The Balaban J connectivity index is 2.04. The van der Waals surface area contributed by atoms with Crippen molar-refractivity contribution in [1.29, 1.82) is 0 Å². The molecule has 3 aliphatic carbocycles. The molecular weight excluding hydrogens is 288 g/mol. The van der Waals surface area contributed by atoms with Crippen LogP contribution in [0.5, 0.6) is 0 Å². The van der Waals surface area contributed by atoms with Crippen molar-refractivity contribution < 1.29 is 14.7 Å². The van der Waals surface area contributed by atoms with Gasteiger partial charge in [0.1, 0.15) is 12.6 Å². The van der Waals surface area contributed by atoms with Crippen molar-refractivity contribution in [2.75, 3.05) is 0 Å². The van der Waals surface area contributed by atoms with E-state index in [1.165, 1.54) is 12.8 Å². The van der Waals surface area contributed by atoms with E-state index >= 15 is 0 Å². The number of carbonyl (C=O) groups excluding carboxylic acids is 2. The zero-order valence-corrected chi connectivity index (χ0v) is 14.9. The summed E-state index contributed by atoms with van der Waals surface area (Å²) in [7, 11) is 0. The van der Waals surface area contributed by atoms with Crippen molar-refractivity contribution in [2.45, 2.75) is 78.2 Å². The Kier molecular flexibility index (Phi) is 4.23. The van der Waals surface area contributed by atoms with Crippen LogP contribution in [0.2, 0.25) is 0 Å². The highest BCUT2D eigenvalue weighted by Crippen LogP contribution is 2.66. The van der Waals surface area contributed by atoms with Crippen LogP contribution in [0.1, 0.15) is 72.1 Å². The van der Waals surface area contributed by atoms with E-state index in [4.69, 9.17) is 0 Å². The molecule has 0 aromatic heterocycles. The molecule has 0 bridgehead atoms. The van der Waals surface area contributed by atoms with Gasteiger partial charge in [0.25, 0.3) is 0 Å². The van der Waals surface area contributed by atoms with E-state index < -0.39 is 11.5 Å². The fourth-order valence-electron chi connectivity index (χ4n) is 6.83. The minimum Gasteiger partial charge on any atom is -0.392 e. The van der Waals surface area contributed by atoms with Crippen molar-refractivity contribution in [3.05, 3.63) is 0 Å². The maximum Gasteiger partial charge on any atom is 0.129 e. The van der Waals surface area contributed by atoms with Gasteiger partial charge in [-0.2, -0.15) is 0 Å². The first-order valence-corrected chi connectivity index (χ1v) is 9.40. The van der Waals surface area contributed by atoms with Gasteiger partial charge in [-0.15, -0.1) is 0 Å². The second-order valence-corrected chi connectivity index (χ2v) is 9.45. The Labute approximate surface area is 140 Å². The number of fused-ring (bicyclic) bond motifs is 3. The molecule has 23 heavy (non-hydrogen) atoms. The van der Waals surface area contributed by atoms with Gasteiger partial charge in [-0.25, -0.2) is 0 Å².